The fraction of sp³-hybridized carbons (Fsp3) is 0.800. The highest BCUT2D eigenvalue weighted by Crippen LogP contribution is 2.35. The standard InChI is InChI=1S/C10H14N6S4/c1-2-8(6-18-10-12-14-16-20-10)4-3-7(1)5-17-9-11-13-15-19-9/h7-8H,1-6H2. The first kappa shape index (κ1) is 14.6. The van der Waals surface area contributed by atoms with E-state index in [0.29, 0.717) is 0 Å². The first-order chi connectivity index (χ1) is 9.90. The topological polar surface area (TPSA) is 77.3 Å². The molecule has 0 bridgehead atoms. The molecule has 1 saturated carbocycles. The van der Waals surface area contributed by atoms with E-state index in [2.05, 4.69) is 29.6 Å². The molecule has 10 heteroatoms. The van der Waals surface area contributed by atoms with Crippen molar-refractivity contribution in [2.45, 2.75) is 34.4 Å². The van der Waals surface area contributed by atoms with Crippen molar-refractivity contribution < 1.29 is 0 Å². The minimum atomic E-state index is 0.813. The molecule has 2 heterocycles. The molecular formula is C10H14N6S4. The lowest BCUT2D eigenvalue weighted by atomic mass is 9.84. The van der Waals surface area contributed by atoms with Gasteiger partial charge in [0.1, 0.15) is 0 Å². The Balaban J connectivity index is 1.34. The van der Waals surface area contributed by atoms with Crippen LogP contribution in [-0.2, 0) is 0 Å². The molecule has 1 aliphatic rings. The largest absolute Gasteiger partial charge is 0.194 e. The molecule has 0 amide bonds. The van der Waals surface area contributed by atoms with Crippen LogP contribution in [0.2, 0.25) is 0 Å². The van der Waals surface area contributed by atoms with Gasteiger partial charge in [0, 0.05) is 34.6 Å². The Kier molecular flexibility index (Phi) is 5.57. The van der Waals surface area contributed by atoms with Crippen LogP contribution in [0.5, 0.6) is 0 Å². The van der Waals surface area contributed by atoms with Gasteiger partial charge in [-0.05, 0) is 47.9 Å². The van der Waals surface area contributed by atoms with Crippen LogP contribution in [0.1, 0.15) is 25.7 Å². The average Bonchev–Trinajstić information content (AvgIpc) is 3.17. The van der Waals surface area contributed by atoms with Gasteiger partial charge < -0.3 is 0 Å². The number of nitrogens with zero attached hydrogens (tertiary/aromatic N) is 6. The van der Waals surface area contributed by atoms with Gasteiger partial charge in [-0.15, -0.1) is 10.2 Å². The van der Waals surface area contributed by atoms with E-state index in [4.69, 9.17) is 0 Å². The zero-order valence-corrected chi connectivity index (χ0v) is 14.0. The van der Waals surface area contributed by atoms with Crippen molar-refractivity contribution in [2.75, 3.05) is 11.5 Å². The average molecular weight is 347 g/mol. The summed E-state index contributed by atoms with van der Waals surface area (Å²) in [5.41, 5.74) is 0. The Morgan fingerprint density at radius 1 is 0.800 bits per heavy atom. The number of aromatic nitrogens is 6. The molecule has 0 spiro atoms. The van der Waals surface area contributed by atoms with Crippen molar-refractivity contribution >= 4 is 46.6 Å². The molecule has 2 aromatic heterocycles. The third-order valence-corrected chi connectivity index (χ3v) is 7.29. The SMILES string of the molecule is C1CC(CSc2nnns2)CCC1CSc1nnns1. The van der Waals surface area contributed by atoms with Crippen LogP contribution in [-0.4, -0.2) is 41.1 Å². The molecule has 0 aromatic carbocycles. The summed E-state index contributed by atoms with van der Waals surface area (Å²) in [5, 5.41) is 15.2. The van der Waals surface area contributed by atoms with E-state index in [1.54, 1.807) is 23.5 Å². The molecule has 0 saturated heterocycles. The molecule has 0 radical (unpaired) electrons. The van der Waals surface area contributed by atoms with E-state index in [-0.39, 0.29) is 0 Å². The van der Waals surface area contributed by atoms with E-state index >= 15 is 0 Å². The van der Waals surface area contributed by atoms with Crippen LogP contribution in [0.25, 0.3) is 0 Å². The first-order valence-electron chi connectivity index (χ1n) is 6.46. The second kappa shape index (κ2) is 7.62. The maximum Gasteiger partial charge on any atom is 0.194 e. The van der Waals surface area contributed by atoms with Crippen LogP contribution < -0.4 is 0 Å². The monoisotopic (exact) mass is 346 g/mol. The summed E-state index contributed by atoms with van der Waals surface area (Å²) >= 11 is 6.37. The number of rotatable bonds is 6. The van der Waals surface area contributed by atoms with Crippen LogP contribution in [0.15, 0.2) is 8.68 Å². The highest BCUT2D eigenvalue weighted by molar-refractivity contribution is 8.01. The minimum absolute atomic E-state index is 0.813. The Hall–Kier alpha value is -0.320. The van der Waals surface area contributed by atoms with E-state index in [1.165, 1.54) is 48.7 Å². The van der Waals surface area contributed by atoms with Gasteiger partial charge >= 0.3 is 0 Å². The van der Waals surface area contributed by atoms with Crippen LogP contribution in [0.3, 0.4) is 0 Å². The zero-order chi connectivity index (χ0) is 13.6. The smallest absolute Gasteiger partial charge is 0.110 e. The van der Waals surface area contributed by atoms with Gasteiger partial charge in [-0.1, -0.05) is 32.5 Å². The minimum Gasteiger partial charge on any atom is -0.110 e. The molecule has 0 aliphatic heterocycles. The molecule has 3 rings (SSSR count). The van der Waals surface area contributed by atoms with E-state index < -0.39 is 0 Å². The van der Waals surface area contributed by atoms with Gasteiger partial charge in [0.2, 0.25) is 0 Å². The molecule has 6 nitrogen and oxygen atoms in total. The summed E-state index contributed by atoms with van der Waals surface area (Å²) in [4.78, 5) is 0. The highest BCUT2D eigenvalue weighted by atomic mass is 32.2. The third-order valence-electron chi connectivity index (χ3n) is 3.41. The predicted molar refractivity (Wildman–Crippen MR) is 82.3 cm³/mol. The van der Waals surface area contributed by atoms with E-state index in [0.717, 1.165) is 32.0 Å². The summed E-state index contributed by atoms with van der Waals surface area (Å²) in [6, 6.07) is 0. The number of thioether (sulfide) groups is 2. The highest BCUT2D eigenvalue weighted by Gasteiger charge is 2.22. The van der Waals surface area contributed by atoms with Gasteiger partial charge in [-0.25, -0.2) is 0 Å². The lowest BCUT2D eigenvalue weighted by Gasteiger charge is -2.27. The van der Waals surface area contributed by atoms with Gasteiger partial charge in [0.05, 0.1) is 0 Å². The van der Waals surface area contributed by atoms with Gasteiger partial charge in [-0.3, -0.25) is 0 Å². The van der Waals surface area contributed by atoms with Gasteiger partial charge in [0.25, 0.3) is 0 Å². The second-order valence-corrected chi connectivity index (χ2v) is 8.76. The van der Waals surface area contributed by atoms with Crippen LogP contribution in [0, 0.1) is 11.8 Å². The van der Waals surface area contributed by atoms with E-state index in [9.17, 15) is 0 Å². The van der Waals surface area contributed by atoms with Crippen LogP contribution >= 0.6 is 46.6 Å². The number of hydrogen-bond donors (Lipinski definition) is 0. The zero-order valence-electron chi connectivity index (χ0n) is 10.7. The van der Waals surface area contributed by atoms with Crippen molar-refractivity contribution in [3.63, 3.8) is 0 Å². The molecular weight excluding hydrogens is 332 g/mol. The second-order valence-electron chi connectivity index (χ2n) is 4.77. The Bertz CT molecular complexity index is 436. The maximum atomic E-state index is 3.97. The van der Waals surface area contributed by atoms with Crippen molar-refractivity contribution in [3.8, 4) is 0 Å². The lowest BCUT2D eigenvalue weighted by Crippen LogP contribution is -2.17. The van der Waals surface area contributed by atoms with Crippen LogP contribution in [0.4, 0.5) is 0 Å². The Labute approximate surface area is 133 Å². The fourth-order valence-electron chi connectivity index (χ4n) is 2.31. The van der Waals surface area contributed by atoms with Crippen molar-refractivity contribution in [1.82, 2.24) is 29.6 Å². The lowest BCUT2D eigenvalue weighted by molar-refractivity contribution is 0.315. The Morgan fingerprint density at radius 3 is 1.60 bits per heavy atom. The molecule has 1 fully saturated rings. The number of hydrogen-bond acceptors (Lipinski definition) is 10. The summed E-state index contributed by atoms with van der Waals surface area (Å²) in [5.74, 6) is 3.93. The first-order valence-corrected chi connectivity index (χ1v) is 9.97. The fourth-order valence-corrected chi connectivity index (χ4v) is 5.38. The third kappa shape index (κ3) is 4.34. The Morgan fingerprint density at radius 2 is 1.25 bits per heavy atom. The normalized spacial score (nSPS) is 23.0. The molecule has 0 atom stereocenters. The maximum absolute atomic E-state index is 3.97. The summed E-state index contributed by atoms with van der Waals surface area (Å²) in [7, 11) is 0. The predicted octanol–water partition coefficient (Wildman–Crippen LogP) is 2.87. The van der Waals surface area contributed by atoms with Gasteiger partial charge in [0.15, 0.2) is 8.68 Å². The van der Waals surface area contributed by atoms with Gasteiger partial charge in [-0.2, -0.15) is 0 Å². The summed E-state index contributed by atoms with van der Waals surface area (Å²) < 4.78 is 9.56. The van der Waals surface area contributed by atoms with Crippen molar-refractivity contribution in [3.05, 3.63) is 0 Å². The molecule has 0 unspecified atom stereocenters. The van der Waals surface area contributed by atoms with Crippen molar-refractivity contribution in [1.29, 1.82) is 0 Å². The molecule has 1 aliphatic carbocycles. The quantitative estimate of drug-likeness (QED) is 0.739. The van der Waals surface area contributed by atoms with Crippen molar-refractivity contribution in [2.24, 2.45) is 11.8 Å². The summed E-state index contributed by atoms with van der Waals surface area (Å²) in [6.45, 7) is 0. The molecule has 108 valence electrons. The molecule has 2 aromatic rings. The van der Waals surface area contributed by atoms with E-state index in [1.807, 2.05) is 0 Å². The summed E-state index contributed by atoms with van der Waals surface area (Å²) in [6.07, 6.45) is 5.27. The molecule has 0 N–H and O–H groups in total. The molecule has 20 heavy (non-hydrogen) atoms.